The lowest BCUT2D eigenvalue weighted by Crippen LogP contribution is -2.41. The van der Waals surface area contributed by atoms with Crippen molar-refractivity contribution in [1.82, 2.24) is 14.3 Å². The van der Waals surface area contributed by atoms with E-state index in [2.05, 4.69) is 20.3 Å². The van der Waals surface area contributed by atoms with Crippen molar-refractivity contribution in [2.24, 2.45) is 11.7 Å². The summed E-state index contributed by atoms with van der Waals surface area (Å²) < 4.78 is 2.12. The van der Waals surface area contributed by atoms with Gasteiger partial charge in [-0.3, -0.25) is 14.1 Å². The summed E-state index contributed by atoms with van der Waals surface area (Å²) in [4.78, 5) is 21.1. The summed E-state index contributed by atoms with van der Waals surface area (Å²) in [7, 11) is 0. The molecule has 4 heterocycles. The number of benzene rings is 1. The average Bonchev–Trinajstić information content (AvgIpc) is 3.17. The molecule has 168 valence electrons. The third-order valence-electron chi connectivity index (χ3n) is 6.72. The summed E-state index contributed by atoms with van der Waals surface area (Å²) in [6.45, 7) is 3.66. The van der Waals surface area contributed by atoms with Gasteiger partial charge in [0.2, 0.25) is 5.91 Å². The van der Waals surface area contributed by atoms with Gasteiger partial charge in [0, 0.05) is 44.2 Å². The van der Waals surface area contributed by atoms with Crippen LogP contribution in [0.25, 0.3) is 16.7 Å². The molecule has 0 bridgehead atoms. The minimum absolute atomic E-state index is 0. The molecule has 8 nitrogen and oxygen atoms in total. The highest BCUT2D eigenvalue weighted by Gasteiger charge is 2.32. The monoisotopic (exact) mass is 454 g/mol. The molecule has 0 radical (unpaired) electrons. The number of nitrogens with zero attached hydrogens (tertiary/aromatic N) is 5. The SMILES string of the molecule is Cl.N#Cc1c2c(c(N3CCC(C(N)=O)CC3)n3c1nc1ccccc13)CN(CCO)CC2. The highest BCUT2D eigenvalue weighted by atomic mass is 35.5. The zero-order chi connectivity index (χ0) is 21.5. The fourth-order valence-corrected chi connectivity index (χ4v) is 5.14. The molecule has 2 aromatic heterocycles. The van der Waals surface area contributed by atoms with Crippen LogP contribution in [0, 0.1) is 17.2 Å². The molecule has 1 amide bonds. The first-order chi connectivity index (χ1) is 15.1. The van der Waals surface area contributed by atoms with E-state index in [0.717, 1.165) is 66.9 Å². The second-order valence-electron chi connectivity index (χ2n) is 8.44. The Labute approximate surface area is 192 Å². The van der Waals surface area contributed by atoms with Crippen molar-refractivity contribution in [2.75, 3.05) is 37.7 Å². The van der Waals surface area contributed by atoms with Crippen LogP contribution in [0.1, 0.15) is 29.5 Å². The van der Waals surface area contributed by atoms with Crippen LogP contribution in [0.15, 0.2) is 24.3 Å². The number of primary amides is 1. The van der Waals surface area contributed by atoms with Crippen LogP contribution < -0.4 is 10.6 Å². The molecule has 1 saturated heterocycles. The number of rotatable bonds is 4. The fraction of sp³-hybridized carbons (Fsp3) is 0.435. The quantitative estimate of drug-likeness (QED) is 0.622. The van der Waals surface area contributed by atoms with E-state index < -0.39 is 0 Å². The Kier molecular flexibility index (Phi) is 6.24. The van der Waals surface area contributed by atoms with Gasteiger partial charge in [-0.2, -0.15) is 5.26 Å². The van der Waals surface area contributed by atoms with Crippen molar-refractivity contribution < 1.29 is 9.90 Å². The second kappa shape index (κ2) is 8.94. The number of amides is 1. The number of para-hydroxylation sites is 2. The number of nitrogens with two attached hydrogens (primary N) is 1. The number of anilines is 1. The van der Waals surface area contributed by atoms with E-state index in [1.54, 1.807) is 0 Å². The number of aromatic nitrogens is 2. The van der Waals surface area contributed by atoms with E-state index in [9.17, 15) is 15.2 Å². The molecule has 1 aromatic carbocycles. The van der Waals surface area contributed by atoms with Gasteiger partial charge in [0.05, 0.1) is 23.2 Å². The predicted octanol–water partition coefficient (Wildman–Crippen LogP) is 1.83. The lowest BCUT2D eigenvalue weighted by molar-refractivity contribution is -0.122. The number of aliphatic hydroxyl groups excluding tert-OH is 1. The third-order valence-corrected chi connectivity index (χ3v) is 6.72. The van der Waals surface area contributed by atoms with Crippen LogP contribution in [0.5, 0.6) is 0 Å². The van der Waals surface area contributed by atoms with Gasteiger partial charge in [0.15, 0.2) is 5.65 Å². The summed E-state index contributed by atoms with van der Waals surface area (Å²) in [5.74, 6) is 0.739. The topological polar surface area (TPSA) is 111 Å². The summed E-state index contributed by atoms with van der Waals surface area (Å²) in [6.07, 6.45) is 2.19. The summed E-state index contributed by atoms with van der Waals surface area (Å²) in [5, 5.41) is 19.5. The molecule has 0 spiro atoms. The van der Waals surface area contributed by atoms with Crippen LogP contribution in [-0.4, -0.2) is 58.1 Å². The molecule has 5 rings (SSSR count). The molecule has 0 atom stereocenters. The first kappa shape index (κ1) is 22.3. The third kappa shape index (κ3) is 3.56. The van der Waals surface area contributed by atoms with Gasteiger partial charge in [-0.1, -0.05) is 12.1 Å². The zero-order valence-electron chi connectivity index (χ0n) is 17.8. The first-order valence-corrected chi connectivity index (χ1v) is 10.8. The molecular formula is C23H27ClN6O2. The summed E-state index contributed by atoms with van der Waals surface area (Å²) in [5.41, 5.74) is 10.9. The number of nitriles is 1. The number of halogens is 1. The number of aliphatic hydroxyl groups is 1. The predicted molar refractivity (Wildman–Crippen MR) is 125 cm³/mol. The van der Waals surface area contributed by atoms with E-state index >= 15 is 0 Å². The van der Waals surface area contributed by atoms with Gasteiger partial charge in [-0.05, 0) is 37.0 Å². The Balaban J connectivity index is 0.00000245. The molecule has 3 N–H and O–H groups in total. The number of carbonyl (C=O) groups excluding carboxylic acids is 1. The number of imidazole rings is 1. The number of β-amino-alcohol motifs (C(OH)–C–C–N with tert-alkyl or cyclic N) is 1. The molecular weight excluding hydrogens is 428 g/mol. The number of piperidine rings is 1. The fourth-order valence-electron chi connectivity index (χ4n) is 5.14. The summed E-state index contributed by atoms with van der Waals surface area (Å²) >= 11 is 0. The zero-order valence-corrected chi connectivity index (χ0v) is 18.6. The van der Waals surface area contributed by atoms with E-state index in [-0.39, 0.29) is 30.8 Å². The number of pyridine rings is 1. The van der Waals surface area contributed by atoms with Gasteiger partial charge in [-0.15, -0.1) is 12.4 Å². The minimum Gasteiger partial charge on any atom is -0.395 e. The maximum Gasteiger partial charge on any atom is 0.220 e. The Morgan fingerprint density at radius 1 is 1.22 bits per heavy atom. The van der Waals surface area contributed by atoms with Crippen LogP contribution >= 0.6 is 12.4 Å². The van der Waals surface area contributed by atoms with E-state index in [4.69, 9.17) is 10.7 Å². The maximum atomic E-state index is 11.7. The molecule has 0 aliphatic carbocycles. The second-order valence-corrected chi connectivity index (χ2v) is 8.44. The largest absolute Gasteiger partial charge is 0.395 e. The molecule has 3 aromatic rings. The summed E-state index contributed by atoms with van der Waals surface area (Å²) in [6, 6.07) is 10.4. The Morgan fingerprint density at radius 2 is 1.97 bits per heavy atom. The van der Waals surface area contributed by atoms with E-state index in [1.807, 2.05) is 24.3 Å². The Morgan fingerprint density at radius 3 is 2.66 bits per heavy atom. The molecule has 0 saturated carbocycles. The van der Waals surface area contributed by atoms with Crippen LogP contribution in [0.3, 0.4) is 0 Å². The van der Waals surface area contributed by atoms with Crippen LogP contribution in [0.2, 0.25) is 0 Å². The van der Waals surface area contributed by atoms with E-state index in [0.29, 0.717) is 24.3 Å². The Hall–Kier alpha value is -2.86. The number of fused-ring (bicyclic) bond motifs is 4. The van der Waals surface area contributed by atoms with Crippen molar-refractivity contribution in [3.05, 3.63) is 41.0 Å². The van der Waals surface area contributed by atoms with E-state index in [1.165, 1.54) is 0 Å². The normalized spacial score (nSPS) is 17.2. The van der Waals surface area contributed by atoms with Crippen molar-refractivity contribution in [2.45, 2.75) is 25.8 Å². The van der Waals surface area contributed by atoms with Crippen molar-refractivity contribution >= 4 is 40.8 Å². The van der Waals surface area contributed by atoms with Gasteiger partial charge in [0.1, 0.15) is 11.9 Å². The Bertz CT molecular complexity index is 1210. The van der Waals surface area contributed by atoms with Gasteiger partial charge < -0.3 is 15.7 Å². The lowest BCUT2D eigenvalue weighted by Gasteiger charge is -2.37. The van der Waals surface area contributed by atoms with Gasteiger partial charge >= 0.3 is 0 Å². The number of carbonyl (C=O) groups is 1. The van der Waals surface area contributed by atoms with Gasteiger partial charge in [-0.25, -0.2) is 4.98 Å². The van der Waals surface area contributed by atoms with Crippen LogP contribution in [-0.2, 0) is 17.8 Å². The highest BCUT2D eigenvalue weighted by Crippen LogP contribution is 2.37. The van der Waals surface area contributed by atoms with Gasteiger partial charge in [0.25, 0.3) is 0 Å². The first-order valence-electron chi connectivity index (χ1n) is 10.8. The van der Waals surface area contributed by atoms with Crippen LogP contribution in [0.4, 0.5) is 5.82 Å². The smallest absolute Gasteiger partial charge is 0.220 e. The van der Waals surface area contributed by atoms with Crippen molar-refractivity contribution in [3.63, 3.8) is 0 Å². The molecule has 32 heavy (non-hydrogen) atoms. The highest BCUT2D eigenvalue weighted by molar-refractivity contribution is 5.87. The molecule has 9 heteroatoms. The molecule has 2 aliphatic rings. The average molecular weight is 455 g/mol. The lowest BCUT2D eigenvalue weighted by atomic mass is 9.93. The molecule has 0 unspecified atom stereocenters. The van der Waals surface area contributed by atoms with Crippen molar-refractivity contribution in [1.29, 1.82) is 5.26 Å². The number of hydrogen-bond acceptors (Lipinski definition) is 6. The maximum absolute atomic E-state index is 11.7. The minimum atomic E-state index is -0.228. The number of hydrogen-bond donors (Lipinski definition) is 2. The molecule has 1 fully saturated rings. The standard InChI is InChI=1S/C23H26N6O2.ClH/c24-13-17-16-7-8-27(11-12-30)14-18(16)23(28-9-5-15(6-10-28)21(25)31)29-20-4-2-1-3-19(20)26-22(17)29;/h1-4,15,30H,5-12,14H2,(H2,25,31);1H. The van der Waals surface area contributed by atoms with Crippen molar-refractivity contribution in [3.8, 4) is 6.07 Å². The molecule has 2 aliphatic heterocycles.